The Morgan fingerprint density at radius 2 is 2.00 bits per heavy atom. The van der Waals surface area contributed by atoms with Crippen LogP contribution in [0.4, 0.5) is 0 Å². The van der Waals surface area contributed by atoms with Gasteiger partial charge in [-0.1, -0.05) is 0 Å². The normalized spacial score (nSPS) is 35.4. The van der Waals surface area contributed by atoms with Gasteiger partial charge in [-0.3, -0.25) is 0 Å². The average molecular weight is 142 g/mol. The molecule has 0 bridgehead atoms. The van der Waals surface area contributed by atoms with Crippen LogP contribution in [0.15, 0.2) is 0 Å². The molecule has 58 valence electrons. The van der Waals surface area contributed by atoms with Crippen LogP contribution in [-0.4, -0.2) is 32.2 Å². The molecule has 10 heavy (non-hydrogen) atoms. The number of rotatable bonds is 1. The summed E-state index contributed by atoms with van der Waals surface area (Å²) < 4.78 is 0. The molecular formula is C8H18N2+2. The van der Waals surface area contributed by atoms with Crippen molar-refractivity contribution in [3.8, 4) is 0 Å². The highest BCUT2D eigenvalue weighted by Crippen LogP contribution is 1.93. The third kappa shape index (κ3) is 1.18. The van der Waals surface area contributed by atoms with Gasteiger partial charge >= 0.3 is 0 Å². The molecular weight excluding hydrogens is 124 g/mol. The molecule has 2 rings (SSSR count). The largest absolute Gasteiger partial charge is 0.341 e. The fourth-order valence-corrected chi connectivity index (χ4v) is 2.36. The quantitative estimate of drug-likeness (QED) is 0.423. The lowest BCUT2D eigenvalue weighted by atomic mass is 10.2. The van der Waals surface area contributed by atoms with E-state index in [0.717, 1.165) is 6.04 Å². The molecule has 2 saturated heterocycles. The summed E-state index contributed by atoms with van der Waals surface area (Å²) in [5.41, 5.74) is 0. The van der Waals surface area contributed by atoms with E-state index < -0.39 is 0 Å². The van der Waals surface area contributed by atoms with E-state index in [1.165, 1.54) is 45.4 Å². The predicted molar refractivity (Wildman–Crippen MR) is 40.0 cm³/mol. The van der Waals surface area contributed by atoms with Crippen molar-refractivity contribution in [2.24, 2.45) is 0 Å². The summed E-state index contributed by atoms with van der Waals surface area (Å²) in [5.74, 6) is 0. The minimum atomic E-state index is 1.02. The van der Waals surface area contributed by atoms with Crippen LogP contribution in [-0.2, 0) is 0 Å². The van der Waals surface area contributed by atoms with E-state index in [1.807, 2.05) is 4.90 Å². The van der Waals surface area contributed by atoms with Crippen LogP contribution in [0.1, 0.15) is 19.3 Å². The third-order valence-corrected chi connectivity index (χ3v) is 2.99. The molecule has 0 spiro atoms. The SMILES string of the molecule is C1CC[NH+]([C@@H]2CC[NH2+]C2)C1. The molecule has 1 atom stereocenters. The second-order valence-corrected chi connectivity index (χ2v) is 3.66. The van der Waals surface area contributed by atoms with Gasteiger partial charge in [0.1, 0.15) is 12.6 Å². The van der Waals surface area contributed by atoms with Crippen molar-refractivity contribution in [1.29, 1.82) is 0 Å². The van der Waals surface area contributed by atoms with E-state index in [9.17, 15) is 0 Å². The number of likely N-dealkylation sites (tertiary alicyclic amines) is 1. The lowest BCUT2D eigenvalue weighted by Crippen LogP contribution is -3.15. The Kier molecular flexibility index (Phi) is 1.91. The Hall–Kier alpha value is -0.0800. The molecule has 2 fully saturated rings. The molecule has 0 amide bonds. The molecule has 0 aliphatic carbocycles. The second kappa shape index (κ2) is 2.89. The Bertz CT molecular complexity index is 87.8. The average Bonchev–Trinajstić information content (AvgIpc) is 2.59. The molecule has 2 nitrogen and oxygen atoms in total. The maximum atomic E-state index is 2.47. The van der Waals surface area contributed by atoms with Crippen molar-refractivity contribution < 1.29 is 10.2 Å². The highest BCUT2D eigenvalue weighted by atomic mass is 15.2. The Morgan fingerprint density at radius 1 is 1.20 bits per heavy atom. The molecule has 2 heterocycles. The number of nitrogens with one attached hydrogen (secondary N) is 1. The molecule has 0 aromatic heterocycles. The Morgan fingerprint density at radius 3 is 2.60 bits per heavy atom. The van der Waals surface area contributed by atoms with Crippen molar-refractivity contribution in [3.63, 3.8) is 0 Å². The van der Waals surface area contributed by atoms with Crippen molar-refractivity contribution in [2.45, 2.75) is 25.3 Å². The van der Waals surface area contributed by atoms with Crippen molar-refractivity contribution in [1.82, 2.24) is 0 Å². The first-order valence-corrected chi connectivity index (χ1v) is 4.63. The van der Waals surface area contributed by atoms with Gasteiger partial charge < -0.3 is 10.2 Å². The molecule has 3 N–H and O–H groups in total. The summed E-state index contributed by atoms with van der Waals surface area (Å²) in [4.78, 5) is 1.90. The van der Waals surface area contributed by atoms with Crippen LogP contribution in [0.2, 0.25) is 0 Å². The first-order chi connectivity index (χ1) is 4.97. The minimum absolute atomic E-state index is 1.02. The number of hydrogen-bond acceptors (Lipinski definition) is 0. The summed E-state index contributed by atoms with van der Waals surface area (Å²) in [6.45, 7) is 5.69. The van der Waals surface area contributed by atoms with Gasteiger partial charge in [-0.2, -0.15) is 0 Å². The predicted octanol–water partition coefficient (Wildman–Crippen LogP) is -2.00. The Labute approximate surface area is 62.6 Å². The van der Waals surface area contributed by atoms with E-state index in [1.54, 1.807) is 0 Å². The maximum absolute atomic E-state index is 2.47. The van der Waals surface area contributed by atoms with Gasteiger partial charge in [0.05, 0.1) is 26.1 Å². The maximum Gasteiger partial charge on any atom is 0.142 e. The van der Waals surface area contributed by atoms with E-state index >= 15 is 0 Å². The van der Waals surface area contributed by atoms with Gasteiger partial charge in [-0.15, -0.1) is 0 Å². The van der Waals surface area contributed by atoms with Crippen LogP contribution in [0.25, 0.3) is 0 Å². The summed E-state index contributed by atoms with van der Waals surface area (Å²) >= 11 is 0. The van der Waals surface area contributed by atoms with Gasteiger partial charge in [-0.05, 0) is 0 Å². The summed E-state index contributed by atoms with van der Waals surface area (Å²) in [7, 11) is 0. The molecule has 2 heteroatoms. The van der Waals surface area contributed by atoms with Gasteiger partial charge in [0, 0.05) is 12.8 Å². The van der Waals surface area contributed by atoms with Crippen LogP contribution in [0.5, 0.6) is 0 Å². The van der Waals surface area contributed by atoms with Crippen LogP contribution in [0.3, 0.4) is 0 Å². The fraction of sp³-hybridized carbons (Fsp3) is 1.00. The Balaban J connectivity index is 1.85. The van der Waals surface area contributed by atoms with Crippen molar-refractivity contribution in [2.75, 3.05) is 26.2 Å². The molecule has 0 aromatic rings. The number of quaternary nitrogens is 2. The zero-order valence-corrected chi connectivity index (χ0v) is 6.60. The summed E-state index contributed by atoms with van der Waals surface area (Å²) in [6, 6.07) is 1.02. The number of nitrogens with two attached hydrogens (primary N) is 1. The first kappa shape index (κ1) is 6.62. The minimum Gasteiger partial charge on any atom is -0.341 e. The molecule has 0 radical (unpaired) electrons. The van der Waals surface area contributed by atoms with Gasteiger partial charge in [0.25, 0.3) is 0 Å². The first-order valence-electron chi connectivity index (χ1n) is 4.63. The zero-order valence-electron chi connectivity index (χ0n) is 6.60. The topological polar surface area (TPSA) is 21.1 Å². The molecule has 0 aromatic carbocycles. The third-order valence-electron chi connectivity index (χ3n) is 2.99. The summed E-state index contributed by atoms with van der Waals surface area (Å²) in [6.07, 6.45) is 4.42. The van der Waals surface area contributed by atoms with E-state index in [-0.39, 0.29) is 0 Å². The van der Waals surface area contributed by atoms with Crippen molar-refractivity contribution >= 4 is 0 Å². The highest BCUT2D eigenvalue weighted by molar-refractivity contribution is 4.59. The van der Waals surface area contributed by atoms with E-state index in [4.69, 9.17) is 0 Å². The van der Waals surface area contributed by atoms with E-state index in [2.05, 4.69) is 5.32 Å². The molecule has 0 unspecified atom stereocenters. The zero-order chi connectivity index (χ0) is 6.81. The van der Waals surface area contributed by atoms with Gasteiger partial charge in [-0.25, -0.2) is 0 Å². The van der Waals surface area contributed by atoms with Gasteiger partial charge in [0.15, 0.2) is 0 Å². The fourth-order valence-electron chi connectivity index (χ4n) is 2.36. The molecule has 2 aliphatic heterocycles. The smallest absolute Gasteiger partial charge is 0.142 e. The van der Waals surface area contributed by atoms with Crippen molar-refractivity contribution in [3.05, 3.63) is 0 Å². The second-order valence-electron chi connectivity index (χ2n) is 3.66. The molecule has 2 aliphatic rings. The van der Waals surface area contributed by atoms with Gasteiger partial charge in [0.2, 0.25) is 0 Å². The standard InChI is InChI=1S/C8H16N2/c1-2-6-10(5-1)8-3-4-9-7-8/h8-9H,1-7H2/p+2/t8-/m1/s1. The monoisotopic (exact) mass is 142 g/mol. The summed E-state index contributed by atoms with van der Waals surface area (Å²) in [5, 5.41) is 2.47. The lowest BCUT2D eigenvalue weighted by molar-refractivity contribution is -0.918. The van der Waals surface area contributed by atoms with Crippen LogP contribution < -0.4 is 10.2 Å². The molecule has 0 saturated carbocycles. The van der Waals surface area contributed by atoms with E-state index in [0.29, 0.717) is 0 Å². The van der Waals surface area contributed by atoms with Crippen LogP contribution >= 0.6 is 0 Å². The number of hydrogen-bond donors (Lipinski definition) is 2. The lowest BCUT2D eigenvalue weighted by Gasteiger charge is -2.16. The highest BCUT2D eigenvalue weighted by Gasteiger charge is 2.30. The van der Waals surface area contributed by atoms with Crippen LogP contribution in [0, 0.1) is 0 Å².